The maximum atomic E-state index is 6.11. The highest BCUT2D eigenvalue weighted by molar-refractivity contribution is 7.22. The molecule has 0 atom stereocenters. The number of aromatic amines is 1. The molecule has 5 rings (SSSR count). The molecule has 3 N–H and O–H groups in total. The number of hydrogen-bond acceptors (Lipinski definition) is 3. The van der Waals surface area contributed by atoms with E-state index < -0.39 is 0 Å². The summed E-state index contributed by atoms with van der Waals surface area (Å²) in [6.07, 6.45) is 3.11. The van der Waals surface area contributed by atoms with Crippen LogP contribution in [0.5, 0.6) is 5.75 Å². The third kappa shape index (κ3) is 4.22. The number of aromatic nitrogens is 1. The first-order valence-corrected chi connectivity index (χ1v) is 11.6. The van der Waals surface area contributed by atoms with Gasteiger partial charge < -0.3 is 15.5 Å². The second-order valence-corrected chi connectivity index (χ2v) is 8.94. The van der Waals surface area contributed by atoms with Crippen LogP contribution in [0.1, 0.15) is 24.0 Å². The van der Waals surface area contributed by atoms with Crippen LogP contribution in [0.3, 0.4) is 0 Å². The van der Waals surface area contributed by atoms with Crippen LogP contribution in [0.4, 0.5) is 0 Å². The smallest absolute Gasteiger partial charge is 0.120 e. The lowest BCUT2D eigenvalue weighted by Gasteiger charge is -2.07. The number of nitrogens with two attached hydrogens (primary N) is 1. The van der Waals surface area contributed by atoms with Crippen molar-refractivity contribution in [3.8, 4) is 16.3 Å². The van der Waals surface area contributed by atoms with E-state index in [0.29, 0.717) is 6.61 Å². The van der Waals surface area contributed by atoms with Crippen molar-refractivity contribution in [1.82, 2.24) is 4.98 Å². The molecule has 0 amide bonds. The number of ether oxygens (including phenoxy) is 1. The summed E-state index contributed by atoms with van der Waals surface area (Å²) in [5, 5.41) is 2.54. The summed E-state index contributed by atoms with van der Waals surface area (Å²) in [6.45, 7) is 1.30. The number of unbranched alkanes of at least 4 members (excludes halogenated alkanes) is 1. The van der Waals surface area contributed by atoms with Crippen molar-refractivity contribution in [2.75, 3.05) is 6.54 Å². The number of thiophene rings is 1. The average molecular weight is 427 g/mol. The Morgan fingerprint density at radius 3 is 2.55 bits per heavy atom. The van der Waals surface area contributed by atoms with Gasteiger partial charge in [0.15, 0.2) is 0 Å². The fourth-order valence-electron chi connectivity index (χ4n) is 4.08. The first-order valence-electron chi connectivity index (χ1n) is 10.8. The Labute approximate surface area is 186 Å². The van der Waals surface area contributed by atoms with E-state index in [4.69, 9.17) is 10.5 Å². The minimum Gasteiger partial charge on any atom is -0.489 e. The topological polar surface area (TPSA) is 51.0 Å². The molecule has 3 aromatic carbocycles. The summed E-state index contributed by atoms with van der Waals surface area (Å²) < 4.78 is 7.43. The van der Waals surface area contributed by atoms with Crippen molar-refractivity contribution in [2.24, 2.45) is 5.73 Å². The number of H-pyrrole nitrogens is 1. The molecule has 0 unspecified atom stereocenters. The lowest BCUT2D eigenvalue weighted by atomic mass is 10.0. The van der Waals surface area contributed by atoms with Crippen molar-refractivity contribution in [2.45, 2.75) is 25.9 Å². The van der Waals surface area contributed by atoms with Gasteiger partial charge in [-0.05, 0) is 72.7 Å². The third-order valence-electron chi connectivity index (χ3n) is 5.68. The zero-order valence-electron chi connectivity index (χ0n) is 17.4. The second-order valence-electron chi connectivity index (χ2n) is 7.85. The predicted molar refractivity (Wildman–Crippen MR) is 132 cm³/mol. The number of nitrogens with one attached hydrogen (secondary N) is 1. The molecule has 0 aliphatic rings. The fraction of sp³-hybridized carbons (Fsp3) is 0.185. The molecular weight excluding hydrogens is 400 g/mol. The SMILES string of the molecule is NCCCCc1c(-c2cc3ccccc3s2)[nH]c2ccc(OCc3ccccc3)cc12. The minimum absolute atomic E-state index is 0.572. The van der Waals surface area contributed by atoms with Crippen LogP contribution < -0.4 is 10.5 Å². The van der Waals surface area contributed by atoms with Crippen molar-refractivity contribution < 1.29 is 4.74 Å². The van der Waals surface area contributed by atoms with Crippen LogP contribution in [-0.4, -0.2) is 11.5 Å². The second kappa shape index (κ2) is 8.96. The summed E-state index contributed by atoms with van der Waals surface area (Å²) >= 11 is 1.84. The van der Waals surface area contributed by atoms with Gasteiger partial charge in [0.25, 0.3) is 0 Å². The first-order chi connectivity index (χ1) is 15.3. The van der Waals surface area contributed by atoms with Gasteiger partial charge in [0.05, 0.1) is 10.6 Å². The van der Waals surface area contributed by atoms with Gasteiger partial charge in [-0.2, -0.15) is 0 Å². The van der Waals surface area contributed by atoms with E-state index in [1.807, 2.05) is 29.5 Å². The van der Waals surface area contributed by atoms with E-state index in [2.05, 4.69) is 65.6 Å². The molecule has 4 heteroatoms. The number of benzene rings is 3. The van der Waals surface area contributed by atoms with E-state index in [0.717, 1.165) is 37.1 Å². The molecule has 156 valence electrons. The van der Waals surface area contributed by atoms with Gasteiger partial charge in [-0.3, -0.25) is 0 Å². The Bertz CT molecular complexity index is 1270. The number of hydrogen-bond donors (Lipinski definition) is 2. The lowest BCUT2D eigenvalue weighted by molar-refractivity contribution is 0.306. The van der Waals surface area contributed by atoms with E-state index in [9.17, 15) is 0 Å². The largest absolute Gasteiger partial charge is 0.489 e. The monoisotopic (exact) mass is 426 g/mol. The molecule has 0 aliphatic carbocycles. The predicted octanol–water partition coefficient (Wildman–Crippen LogP) is 6.91. The lowest BCUT2D eigenvalue weighted by Crippen LogP contribution is -1.99. The highest BCUT2D eigenvalue weighted by Crippen LogP contribution is 2.39. The molecule has 0 fully saturated rings. The van der Waals surface area contributed by atoms with Crippen LogP contribution in [0.25, 0.3) is 31.6 Å². The van der Waals surface area contributed by atoms with Crippen molar-refractivity contribution in [3.05, 3.63) is 90.0 Å². The molecule has 0 saturated carbocycles. The Hall–Kier alpha value is -3.08. The molecule has 5 aromatic rings. The van der Waals surface area contributed by atoms with E-state index in [-0.39, 0.29) is 0 Å². The van der Waals surface area contributed by atoms with Gasteiger partial charge in [-0.25, -0.2) is 0 Å². The summed E-state index contributed by atoms with van der Waals surface area (Å²) in [4.78, 5) is 4.98. The van der Waals surface area contributed by atoms with Crippen LogP contribution in [0, 0.1) is 0 Å². The molecular formula is C27H26N2OS. The van der Waals surface area contributed by atoms with Crippen molar-refractivity contribution in [1.29, 1.82) is 0 Å². The van der Waals surface area contributed by atoms with E-state index in [1.165, 1.54) is 37.2 Å². The first kappa shape index (κ1) is 19.9. The van der Waals surface area contributed by atoms with Crippen molar-refractivity contribution >= 4 is 32.3 Å². The summed E-state index contributed by atoms with van der Waals surface area (Å²) in [5.41, 5.74) is 10.7. The van der Waals surface area contributed by atoms with Gasteiger partial charge in [-0.15, -0.1) is 11.3 Å². The van der Waals surface area contributed by atoms with Gasteiger partial charge in [0.1, 0.15) is 12.4 Å². The average Bonchev–Trinajstić information content (AvgIpc) is 3.40. The fourth-order valence-corrected chi connectivity index (χ4v) is 5.17. The van der Waals surface area contributed by atoms with E-state index in [1.54, 1.807) is 0 Å². The number of aryl methyl sites for hydroxylation is 1. The van der Waals surface area contributed by atoms with Crippen LogP contribution >= 0.6 is 11.3 Å². The van der Waals surface area contributed by atoms with Crippen LogP contribution in [-0.2, 0) is 13.0 Å². The van der Waals surface area contributed by atoms with Gasteiger partial charge >= 0.3 is 0 Å². The van der Waals surface area contributed by atoms with Gasteiger partial charge in [-0.1, -0.05) is 48.5 Å². The summed E-state index contributed by atoms with van der Waals surface area (Å²) in [5.74, 6) is 0.901. The van der Waals surface area contributed by atoms with Gasteiger partial charge in [0.2, 0.25) is 0 Å². The maximum Gasteiger partial charge on any atom is 0.120 e. The quantitative estimate of drug-likeness (QED) is 0.265. The Morgan fingerprint density at radius 2 is 1.71 bits per heavy atom. The normalized spacial score (nSPS) is 11.4. The van der Waals surface area contributed by atoms with Gasteiger partial charge in [0, 0.05) is 15.6 Å². The molecule has 31 heavy (non-hydrogen) atoms. The molecule has 0 spiro atoms. The molecule has 0 radical (unpaired) electrons. The molecule has 0 bridgehead atoms. The van der Waals surface area contributed by atoms with Crippen LogP contribution in [0.2, 0.25) is 0 Å². The minimum atomic E-state index is 0.572. The number of fused-ring (bicyclic) bond motifs is 2. The zero-order valence-corrected chi connectivity index (χ0v) is 18.3. The standard InChI is InChI=1S/C27H26N2OS/c28-15-7-6-11-22-23-17-21(30-18-19-8-2-1-3-9-19)13-14-24(23)29-27(22)26-16-20-10-4-5-12-25(20)31-26/h1-5,8-10,12-14,16-17,29H,6-7,11,15,18,28H2. The zero-order chi connectivity index (χ0) is 21.0. The third-order valence-corrected chi connectivity index (χ3v) is 6.81. The van der Waals surface area contributed by atoms with Crippen LogP contribution in [0.15, 0.2) is 78.9 Å². The van der Waals surface area contributed by atoms with Crippen molar-refractivity contribution in [3.63, 3.8) is 0 Å². The highest BCUT2D eigenvalue weighted by Gasteiger charge is 2.16. The Morgan fingerprint density at radius 1 is 0.871 bits per heavy atom. The number of rotatable bonds is 8. The van der Waals surface area contributed by atoms with E-state index >= 15 is 0 Å². The Balaban J connectivity index is 1.52. The molecule has 3 nitrogen and oxygen atoms in total. The molecule has 2 aromatic heterocycles. The molecule has 0 saturated heterocycles. The highest BCUT2D eigenvalue weighted by atomic mass is 32.1. The summed E-state index contributed by atoms with van der Waals surface area (Å²) in [7, 11) is 0. The maximum absolute atomic E-state index is 6.11. The summed E-state index contributed by atoms with van der Waals surface area (Å²) in [6, 6.07) is 27.5. The Kier molecular flexibility index (Phi) is 5.74. The molecule has 0 aliphatic heterocycles. The molecule has 2 heterocycles.